The fourth-order valence-electron chi connectivity index (χ4n) is 2.04. The molecule has 0 aliphatic heterocycles. The van der Waals surface area contributed by atoms with E-state index < -0.39 is 5.97 Å². The minimum Gasteiger partial charge on any atom is -0.465 e. The Morgan fingerprint density at radius 3 is 2.71 bits per heavy atom. The van der Waals surface area contributed by atoms with Gasteiger partial charge in [0.1, 0.15) is 11.8 Å². The van der Waals surface area contributed by atoms with Gasteiger partial charge in [-0.1, -0.05) is 0 Å². The molecule has 0 radical (unpaired) electrons. The summed E-state index contributed by atoms with van der Waals surface area (Å²) in [6, 6.07) is 3.40. The molecular formula is C15H19N3O3. The number of aromatic nitrogens is 1. The number of nitrogens with two attached hydrogens (primary N) is 1. The maximum atomic E-state index is 11.7. The minimum absolute atomic E-state index is 0.132. The number of hydrogen-bond acceptors (Lipinski definition) is 6. The van der Waals surface area contributed by atoms with Crippen molar-refractivity contribution in [2.45, 2.75) is 26.8 Å². The molecule has 0 saturated carbocycles. The molecule has 0 amide bonds. The molecule has 0 aliphatic rings. The van der Waals surface area contributed by atoms with E-state index in [-0.39, 0.29) is 6.04 Å². The van der Waals surface area contributed by atoms with Gasteiger partial charge in [0.15, 0.2) is 0 Å². The number of nitrogens with zero attached hydrogens (tertiary/aromatic N) is 1. The number of aryl methyl sites for hydroxylation is 2. The lowest BCUT2D eigenvalue weighted by Gasteiger charge is -2.15. The van der Waals surface area contributed by atoms with Crippen molar-refractivity contribution >= 4 is 17.3 Å². The molecule has 1 aromatic heterocycles. The molecule has 1 heterocycles. The van der Waals surface area contributed by atoms with Gasteiger partial charge in [-0.2, -0.15) is 0 Å². The lowest BCUT2D eigenvalue weighted by molar-refractivity contribution is 0.0602. The van der Waals surface area contributed by atoms with E-state index in [9.17, 15) is 4.79 Å². The van der Waals surface area contributed by atoms with Crippen LogP contribution in [0.5, 0.6) is 0 Å². The van der Waals surface area contributed by atoms with Crippen LogP contribution >= 0.6 is 0 Å². The zero-order chi connectivity index (χ0) is 15.6. The summed E-state index contributed by atoms with van der Waals surface area (Å²) in [5.74, 6) is 0.878. The van der Waals surface area contributed by atoms with Crippen molar-refractivity contribution in [3.8, 4) is 0 Å². The number of benzene rings is 1. The maximum Gasteiger partial charge on any atom is 0.340 e. The van der Waals surface area contributed by atoms with E-state index in [2.05, 4.69) is 10.3 Å². The third kappa shape index (κ3) is 3.16. The summed E-state index contributed by atoms with van der Waals surface area (Å²) in [6.45, 7) is 5.60. The zero-order valence-corrected chi connectivity index (χ0v) is 12.6. The van der Waals surface area contributed by atoms with Crippen molar-refractivity contribution in [1.82, 2.24) is 4.98 Å². The van der Waals surface area contributed by atoms with Crippen molar-refractivity contribution in [2.75, 3.05) is 18.2 Å². The summed E-state index contributed by atoms with van der Waals surface area (Å²) >= 11 is 0. The molecule has 0 saturated heterocycles. The average Bonchev–Trinajstić information content (AvgIpc) is 2.88. The number of ether oxygens (including phenoxy) is 1. The van der Waals surface area contributed by atoms with Gasteiger partial charge < -0.3 is 20.2 Å². The average molecular weight is 289 g/mol. The highest BCUT2D eigenvalue weighted by Gasteiger charge is 2.16. The van der Waals surface area contributed by atoms with Crippen LogP contribution in [0.3, 0.4) is 0 Å². The van der Waals surface area contributed by atoms with Gasteiger partial charge in [0.2, 0.25) is 5.89 Å². The summed E-state index contributed by atoms with van der Waals surface area (Å²) in [5.41, 5.74) is 8.24. The lowest BCUT2D eigenvalue weighted by Crippen LogP contribution is -2.11. The minimum atomic E-state index is -0.459. The molecule has 1 aromatic carbocycles. The number of anilines is 2. The summed E-state index contributed by atoms with van der Waals surface area (Å²) in [4.78, 5) is 15.9. The molecule has 2 aromatic rings. The van der Waals surface area contributed by atoms with E-state index in [1.54, 1.807) is 12.3 Å². The fourth-order valence-corrected chi connectivity index (χ4v) is 2.04. The Kier molecular flexibility index (Phi) is 4.16. The molecule has 6 heteroatoms. The van der Waals surface area contributed by atoms with E-state index in [0.717, 1.165) is 17.0 Å². The first kappa shape index (κ1) is 14.9. The molecule has 2 rings (SSSR count). The summed E-state index contributed by atoms with van der Waals surface area (Å²) in [5, 5.41) is 3.24. The Morgan fingerprint density at radius 1 is 1.43 bits per heavy atom. The molecule has 0 bridgehead atoms. The molecule has 1 unspecified atom stereocenters. The second-order valence-corrected chi connectivity index (χ2v) is 4.92. The zero-order valence-electron chi connectivity index (χ0n) is 12.6. The van der Waals surface area contributed by atoms with Crippen LogP contribution in [0.2, 0.25) is 0 Å². The Labute approximate surface area is 123 Å². The van der Waals surface area contributed by atoms with E-state index in [4.69, 9.17) is 14.9 Å². The number of esters is 1. The van der Waals surface area contributed by atoms with Crippen molar-refractivity contribution < 1.29 is 13.9 Å². The molecule has 0 spiro atoms. The van der Waals surface area contributed by atoms with Gasteiger partial charge in [0.05, 0.1) is 18.9 Å². The first-order valence-corrected chi connectivity index (χ1v) is 6.59. The predicted molar refractivity (Wildman–Crippen MR) is 80.2 cm³/mol. The smallest absolute Gasteiger partial charge is 0.340 e. The fraction of sp³-hybridized carbons (Fsp3) is 0.333. The second-order valence-electron chi connectivity index (χ2n) is 4.92. The number of methoxy groups -OCH3 is 1. The third-order valence-electron chi connectivity index (χ3n) is 3.18. The number of carbonyl (C=O) groups is 1. The van der Waals surface area contributed by atoms with Crippen LogP contribution in [-0.2, 0) is 4.74 Å². The Morgan fingerprint density at radius 2 is 2.14 bits per heavy atom. The molecule has 1 atom stereocenters. The van der Waals surface area contributed by atoms with E-state index in [1.807, 2.05) is 26.8 Å². The standard InChI is InChI=1S/C15H19N3O3/c1-8-5-11(6-12(13(8)16)15(19)20-4)18-10(3)14-17-7-9(2)21-14/h5-7,10,18H,16H2,1-4H3. The van der Waals surface area contributed by atoms with Crippen molar-refractivity contribution in [3.63, 3.8) is 0 Å². The van der Waals surface area contributed by atoms with Crippen molar-refractivity contribution in [2.24, 2.45) is 0 Å². The van der Waals surface area contributed by atoms with Gasteiger partial charge in [-0.3, -0.25) is 0 Å². The van der Waals surface area contributed by atoms with Crippen molar-refractivity contribution in [1.29, 1.82) is 0 Å². The Bertz CT molecular complexity index is 664. The highest BCUT2D eigenvalue weighted by Crippen LogP contribution is 2.26. The topological polar surface area (TPSA) is 90.4 Å². The first-order valence-electron chi connectivity index (χ1n) is 6.59. The van der Waals surface area contributed by atoms with Crippen LogP contribution in [0.25, 0.3) is 0 Å². The quantitative estimate of drug-likeness (QED) is 0.664. The van der Waals surface area contributed by atoms with Gasteiger partial charge in [0, 0.05) is 11.4 Å². The molecule has 3 N–H and O–H groups in total. The van der Waals surface area contributed by atoms with Gasteiger partial charge in [-0.05, 0) is 38.5 Å². The predicted octanol–water partition coefficient (Wildman–Crippen LogP) is 2.83. The number of nitrogens with one attached hydrogen (secondary N) is 1. The van der Waals surface area contributed by atoms with Gasteiger partial charge in [0.25, 0.3) is 0 Å². The molecule has 21 heavy (non-hydrogen) atoms. The van der Waals surface area contributed by atoms with Crippen LogP contribution in [-0.4, -0.2) is 18.1 Å². The summed E-state index contributed by atoms with van der Waals surface area (Å²) in [6.07, 6.45) is 1.67. The highest BCUT2D eigenvalue weighted by molar-refractivity contribution is 5.97. The van der Waals surface area contributed by atoms with Crippen LogP contribution in [0, 0.1) is 13.8 Å². The number of rotatable bonds is 4. The Balaban J connectivity index is 2.28. The second kappa shape index (κ2) is 5.87. The Hall–Kier alpha value is -2.50. The SMILES string of the molecule is COC(=O)c1cc(NC(C)c2ncc(C)o2)cc(C)c1N. The number of oxazole rings is 1. The molecule has 0 fully saturated rings. The number of nitrogen functional groups attached to an aromatic ring is 1. The third-order valence-corrected chi connectivity index (χ3v) is 3.18. The normalized spacial score (nSPS) is 12.0. The molecule has 112 valence electrons. The van der Waals surface area contributed by atoms with Crippen LogP contribution < -0.4 is 11.1 Å². The van der Waals surface area contributed by atoms with Gasteiger partial charge in [-0.15, -0.1) is 0 Å². The largest absolute Gasteiger partial charge is 0.465 e. The van der Waals surface area contributed by atoms with Gasteiger partial charge in [-0.25, -0.2) is 9.78 Å². The summed E-state index contributed by atoms with van der Waals surface area (Å²) in [7, 11) is 1.33. The van der Waals surface area contributed by atoms with Gasteiger partial charge >= 0.3 is 5.97 Å². The van der Waals surface area contributed by atoms with Crippen LogP contribution in [0.1, 0.15) is 40.5 Å². The number of hydrogen-bond donors (Lipinski definition) is 2. The lowest BCUT2D eigenvalue weighted by atomic mass is 10.1. The van der Waals surface area contributed by atoms with Crippen LogP contribution in [0.4, 0.5) is 11.4 Å². The monoisotopic (exact) mass is 289 g/mol. The summed E-state index contributed by atoms with van der Waals surface area (Å²) < 4.78 is 10.2. The van der Waals surface area contributed by atoms with E-state index in [1.165, 1.54) is 7.11 Å². The van der Waals surface area contributed by atoms with Crippen LogP contribution in [0.15, 0.2) is 22.7 Å². The molecular weight excluding hydrogens is 270 g/mol. The van der Waals surface area contributed by atoms with Crippen molar-refractivity contribution in [3.05, 3.63) is 41.1 Å². The first-order chi connectivity index (χ1) is 9.92. The highest BCUT2D eigenvalue weighted by atomic mass is 16.5. The van der Waals surface area contributed by atoms with E-state index in [0.29, 0.717) is 17.1 Å². The number of carbonyl (C=O) groups excluding carboxylic acids is 1. The molecule has 0 aliphatic carbocycles. The molecule has 6 nitrogen and oxygen atoms in total. The maximum absolute atomic E-state index is 11.7. The van der Waals surface area contributed by atoms with E-state index >= 15 is 0 Å².